The number of morpholine rings is 1. The third-order valence-corrected chi connectivity index (χ3v) is 5.83. The van der Waals surface area contributed by atoms with Crippen molar-refractivity contribution in [3.63, 3.8) is 0 Å². The summed E-state index contributed by atoms with van der Waals surface area (Å²) < 4.78 is 51.7. The van der Waals surface area contributed by atoms with Crippen LogP contribution in [0.1, 0.15) is 11.3 Å². The summed E-state index contributed by atoms with van der Waals surface area (Å²) in [5.74, 6) is 1.23. The first kappa shape index (κ1) is 23.8. The van der Waals surface area contributed by atoms with Gasteiger partial charge < -0.3 is 14.8 Å². The molecular weight excluding hydrogens is 473 g/mol. The number of pyridine rings is 1. The van der Waals surface area contributed by atoms with Crippen molar-refractivity contribution < 1.29 is 27.4 Å². The lowest BCUT2D eigenvalue weighted by Crippen LogP contribution is -2.35. The van der Waals surface area contributed by atoms with Crippen molar-refractivity contribution in [2.75, 3.05) is 31.6 Å². The molecule has 0 aliphatic carbocycles. The number of carbonyl (C=O) groups excluding carboxylic acids is 1. The zero-order valence-electron chi connectivity index (χ0n) is 19.2. The van der Waals surface area contributed by atoms with Crippen molar-refractivity contribution in [1.29, 1.82) is 0 Å². The molecule has 1 amide bonds. The fraction of sp³-hybridized carbons (Fsp3) is 0.231. The molecule has 1 aliphatic rings. The van der Waals surface area contributed by atoms with Gasteiger partial charge in [0, 0.05) is 49.2 Å². The number of hydrogen-bond acceptors (Lipinski definition) is 5. The topological polar surface area (TPSA) is 68.6 Å². The number of anilines is 1. The third-order valence-electron chi connectivity index (χ3n) is 5.83. The first-order valence-electron chi connectivity index (χ1n) is 11.4. The van der Waals surface area contributed by atoms with Crippen LogP contribution in [0, 0.1) is 0 Å². The maximum Gasteiger partial charge on any atom is 0.416 e. The number of alkyl halides is 3. The first-order chi connectivity index (χ1) is 17.3. The number of halogens is 3. The molecule has 1 saturated heterocycles. The van der Waals surface area contributed by atoms with E-state index in [-0.39, 0.29) is 5.69 Å². The Hall–Kier alpha value is -3.89. The standard InChI is InChI=1S/C26H23F3N4O3/c27-26(28,29)19-2-1-3-20(15-19)31-25(34)33-9-7-18-14-22(4-5-24(18)33)36-23-6-8-30-21(16-23)17-32-10-12-35-13-11-32/h1-9,14-16H,10-13,17H2,(H,31,34). The van der Waals surface area contributed by atoms with Crippen LogP contribution in [-0.4, -0.2) is 46.8 Å². The number of hydrogen-bond donors (Lipinski definition) is 1. The number of nitrogens with zero attached hydrogens (tertiary/aromatic N) is 3. The first-order valence-corrected chi connectivity index (χ1v) is 11.4. The van der Waals surface area contributed by atoms with Gasteiger partial charge in [0.15, 0.2) is 0 Å². The molecule has 5 rings (SSSR count). The van der Waals surface area contributed by atoms with Crippen molar-refractivity contribution >= 4 is 22.6 Å². The quantitative estimate of drug-likeness (QED) is 0.381. The van der Waals surface area contributed by atoms with E-state index in [1.807, 2.05) is 6.07 Å². The van der Waals surface area contributed by atoms with Crippen LogP contribution in [0.15, 0.2) is 73.1 Å². The predicted octanol–water partition coefficient (Wildman–Crippen LogP) is 5.76. The van der Waals surface area contributed by atoms with Crippen molar-refractivity contribution in [3.8, 4) is 11.5 Å². The highest BCUT2D eigenvalue weighted by atomic mass is 19.4. The summed E-state index contributed by atoms with van der Waals surface area (Å²) in [4.78, 5) is 19.4. The van der Waals surface area contributed by atoms with Crippen molar-refractivity contribution in [2.24, 2.45) is 0 Å². The number of amides is 1. The fourth-order valence-electron chi connectivity index (χ4n) is 4.05. The largest absolute Gasteiger partial charge is 0.457 e. The van der Waals surface area contributed by atoms with Gasteiger partial charge in [0.1, 0.15) is 11.5 Å². The third kappa shape index (κ3) is 5.50. The Kier molecular flexibility index (Phi) is 6.62. The zero-order chi connectivity index (χ0) is 25.1. The Morgan fingerprint density at radius 1 is 1.03 bits per heavy atom. The van der Waals surface area contributed by atoms with E-state index < -0.39 is 17.8 Å². The molecule has 36 heavy (non-hydrogen) atoms. The number of fused-ring (bicyclic) bond motifs is 1. The molecule has 3 heterocycles. The summed E-state index contributed by atoms with van der Waals surface area (Å²) in [5.41, 5.74) is 0.716. The van der Waals surface area contributed by atoms with Gasteiger partial charge in [-0.1, -0.05) is 6.07 Å². The maximum absolute atomic E-state index is 13.0. The van der Waals surface area contributed by atoms with Crippen LogP contribution in [0.5, 0.6) is 11.5 Å². The zero-order valence-corrected chi connectivity index (χ0v) is 19.2. The average Bonchev–Trinajstić information content (AvgIpc) is 3.28. The second-order valence-corrected chi connectivity index (χ2v) is 8.39. The van der Waals surface area contributed by atoms with Crippen LogP contribution in [0.25, 0.3) is 10.9 Å². The molecule has 4 aromatic rings. The number of nitrogens with one attached hydrogen (secondary N) is 1. The average molecular weight is 496 g/mol. The van der Waals surface area contributed by atoms with Gasteiger partial charge in [-0.25, -0.2) is 4.79 Å². The monoisotopic (exact) mass is 496 g/mol. The van der Waals surface area contributed by atoms with Gasteiger partial charge in [-0.05, 0) is 48.5 Å². The molecule has 1 fully saturated rings. The van der Waals surface area contributed by atoms with Crippen molar-refractivity contribution in [3.05, 3.63) is 84.3 Å². The molecule has 186 valence electrons. The molecule has 0 unspecified atom stereocenters. The highest BCUT2D eigenvalue weighted by Gasteiger charge is 2.30. The van der Waals surface area contributed by atoms with E-state index in [0.717, 1.165) is 36.3 Å². The van der Waals surface area contributed by atoms with E-state index in [9.17, 15) is 18.0 Å². The van der Waals surface area contributed by atoms with Gasteiger partial charge in [-0.15, -0.1) is 0 Å². The van der Waals surface area contributed by atoms with Gasteiger partial charge in [0.25, 0.3) is 0 Å². The summed E-state index contributed by atoms with van der Waals surface area (Å²) in [6.45, 7) is 3.87. The van der Waals surface area contributed by atoms with Gasteiger partial charge in [-0.3, -0.25) is 14.5 Å². The summed E-state index contributed by atoms with van der Waals surface area (Å²) in [7, 11) is 0. The summed E-state index contributed by atoms with van der Waals surface area (Å²) in [6, 6.07) is 14.6. The van der Waals surface area contributed by atoms with Gasteiger partial charge in [0.05, 0.1) is 30.0 Å². The number of carbonyl (C=O) groups is 1. The lowest BCUT2D eigenvalue weighted by Gasteiger charge is -2.26. The molecule has 0 saturated carbocycles. The minimum absolute atomic E-state index is 0.0576. The minimum atomic E-state index is -4.49. The van der Waals surface area contributed by atoms with E-state index in [1.54, 1.807) is 42.7 Å². The van der Waals surface area contributed by atoms with E-state index in [2.05, 4.69) is 15.2 Å². The normalized spacial score (nSPS) is 14.6. The Morgan fingerprint density at radius 3 is 2.64 bits per heavy atom. The molecule has 0 bridgehead atoms. The van der Waals surface area contributed by atoms with Gasteiger partial charge >= 0.3 is 12.2 Å². The number of benzene rings is 2. The lowest BCUT2D eigenvalue weighted by molar-refractivity contribution is -0.137. The summed E-state index contributed by atoms with van der Waals surface area (Å²) in [5, 5.41) is 3.26. The van der Waals surface area contributed by atoms with Gasteiger partial charge in [0.2, 0.25) is 0 Å². The molecule has 0 atom stereocenters. The molecule has 0 radical (unpaired) electrons. The van der Waals surface area contributed by atoms with Crippen LogP contribution in [0.2, 0.25) is 0 Å². The second kappa shape index (κ2) is 10.00. The van der Waals surface area contributed by atoms with Crippen molar-refractivity contribution in [2.45, 2.75) is 12.7 Å². The molecule has 2 aromatic carbocycles. The van der Waals surface area contributed by atoms with Gasteiger partial charge in [-0.2, -0.15) is 13.2 Å². The molecule has 10 heteroatoms. The van der Waals surface area contributed by atoms with E-state index in [4.69, 9.17) is 9.47 Å². The SMILES string of the molecule is O=C(Nc1cccc(C(F)(F)F)c1)n1ccc2cc(Oc3ccnc(CN4CCOCC4)c3)ccc21. The highest BCUT2D eigenvalue weighted by molar-refractivity contribution is 5.98. The predicted molar refractivity (Wildman–Crippen MR) is 128 cm³/mol. The fourth-order valence-corrected chi connectivity index (χ4v) is 4.05. The van der Waals surface area contributed by atoms with Crippen LogP contribution in [0.4, 0.5) is 23.7 Å². The number of rotatable bonds is 5. The van der Waals surface area contributed by atoms with E-state index in [0.29, 0.717) is 36.8 Å². The van der Waals surface area contributed by atoms with Crippen LogP contribution in [-0.2, 0) is 17.5 Å². The Labute approximate surface area is 205 Å². The Bertz CT molecular complexity index is 1380. The number of ether oxygens (including phenoxy) is 2. The molecule has 1 N–H and O–H groups in total. The van der Waals surface area contributed by atoms with Crippen molar-refractivity contribution in [1.82, 2.24) is 14.5 Å². The summed E-state index contributed by atoms with van der Waals surface area (Å²) >= 11 is 0. The van der Waals surface area contributed by atoms with E-state index >= 15 is 0 Å². The lowest BCUT2D eigenvalue weighted by atomic mass is 10.2. The molecule has 1 aliphatic heterocycles. The maximum atomic E-state index is 13.0. The minimum Gasteiger partial charge on any atom is -0.457 e. The smallest absolute Gasteiger partial charge is 0.416 e. The second-order valence-electron chi connectivity index (χ2n) is 8.39. The number of aromatic nitrogens is 2. The molecule has 0 spiro atoms. The van der Waals surface area contributed by atoms with Crippen LogP contribution >= 0.6 is 0 Å². The van der Waals surface area contributed by atoms with E-state index in [1.165, 1.54) is 16.7 Å². The molecule has 2 aromatic heterocycles. The van der Waals surface area contributed by atoms with Crippen LogP contribution in [0.3, 0.4) is 0 Å². The molecule has 7 nitrogen and oxygen atoms in total. The highest BCUT2D eigenvalue weighted by Crippen LogP contribution is 2.31. The Balaban J connectivity index is 1.29. The summed E-state index contributed by atoms with van der Waals surface area (Å²) in [6.07, 6.45) is -1.22. The van der Waals surface area contributed by atoms with Crippen LogP contribution < -0.4 is 10.1 Å². The molecular formula is C26H23F3N4O3. The Morgan fingerprint density at radius 2 is 1.83 bits per heavy atom.